The van der Waals surface area contributed by atoms with Gasteiger partial charge in [-0.15, -0.1) is 0 Å². The van der Waals surface area contributed by atoms with E-state index in [9.17, 15) is 9.59 Å². The molecule has 23 heavy (non-hydrogen) atoms. The number of carbonyl (C=O) groups is 2. The number of likely N-dealkylation sites (N-methyl/N-ethyl adjacent to an activating group) is 1. The Morgan fingerprint density at radius 1 is 1.13 bits per heavy atom. The summed E-state index contributed by atoms with van der Waals surface area (Å²) in [6.45, 7) is 2.02. The predicted molar refractivity (Wildman–Crippen MR) is 90.0 cm³/mol. The number of rotatable bonds is 6. The minimum atomic E-state index is -0.206. The molecule has 5 nitrogen and oxygen atoms in total. The van der Waals surface area contributed by atoms with E-state index >= 15 is 0 Å². The molecule has 0 aliphatic heterocycles. The van der Waals surface area contributed by atoms with Crippen molar-refractivity contribution in [3.05, 3.63) is 59.9 Å². The fraction of sp³-hybridized carbons (Fsp3) is 0.278. The Kier molecular flexibility index (Phi) is 5.86. The molecule has 0 aliphatic rings. The summed E-state index contributed by atoms with van der Waals surface area (Å²) < 4.78 is 0. The lowest BCUT2D eigenvalue weighted by atomic mass is 10.2. The van der Waals surface area contributed by atoms with E-state index in [4.69, 9.17) is 0 Å². The lowest BCUT2D eigenvalue weighted by Crippen LogP contribution is -2.35. The fourth-order valence-electron chi connectivity index (χ4n) is 2.11. The van der Waals surface area contributed by atoms with Gasteiger partial charge in [0.25, 0.3) is 0 Å². The van der Waals surface area contributed by atoms with Crippen molar-refractivity contribution < 1.29 is 9.59 Å². The Balaban J connectivity index is 1.78. The number of nitrogens with one attached hydrogen (secondary N) is 1. The van der Waals surface area contributed by atoms with E-state index in [-0.39, 0.29) is 18.4 Å². The minimum absolute atomic E-state index is 0.0366. The zero-order valence-electron chi connectivity index (χ0n) is 13.5. The SMILES string of the molecule is Cc1ccc(NC(=O)CN(C)C(=O)CCc2ccccn2)cc1. The molecule has 0 radical (unpaired) electrons. The van der Waals surface area contributed by atoms with Gasteiger partial charge in [0.1, 0.15) is 0 Å². The van der Waals surface area contributed by atoms with E-state index < -0.39 is 0 Å². The van der Waals surface area contributed by atoms with Crippen molar-refractivity contribution in [1.29, 1.82) is 0 Å². The highest BCUT2D eigenvalue weighted by molar-refractivity contribution is 5.94. The molecule has 120 valence electrons. The standard InChI is InChI=1S/C18H21N3O2/c1-14-6-8-16(9-7-14)20-17(22)13-21(2)18(23)11-10-15-5-3-4-12-19-15/h3-9,12H,10-11,13H2,1-2H3,(H,20,22). The fourth-order valence-corrected chi connectivity index (χ4v) is 2.11. The highest BCUT2D eigenvalue weighted by Crippen LogP contribution is 2.08. The van der Waals surface area contributed by atoms with Crippen LogP contribution in [0.4, 0.5) is 5.69 Å². The molecule has 1 aromatic carbocycles. The predicted octanol–water partition coefficient (Wildman–Crippen LogP) is 2.42. The van der Waals surface area contributed by atoms with Gasteiger partial charge < -0.3 is 10.2 Å². The van der Waals surface area contributed by atoms with Gasteiger partial charge in [-0.1, -0.05) is 23.8 Å². The monoisotopic (exact) mass is 311 g/mol. The molecule has 1 aromatic heterocycles. The average molecular weight is 311 g/mol. The van der Waals surface area contributed by atoms with E-state index in [0.717, 1.165) is 16.9 Å². The van der Waals surface area contributed by atoms with Crippen LogP contribution >= 0.6 is 0 Å². The molecule has 0 unspecified atom stereocenters. The number of anilines is 1. The van der Waals surface area contributed by atoms with Crippen LogP contribution in [0, 0.1) is 6.92 Å². The maximum atomic E-state index is 12.1. The van der Waals surface area contributed by atoms with Crippen LogP contribution in [0.15, 0.2) is 48.7 Å². The van der Waals surface area contributed by atoms with Gasteiger partial charge in [-0.3, -0.25) is 14.6 Å². The van der Waals surface area contributed by atoms with Crippen LogP contribution in [0.2, 0.25) is 0 Å². The van der Waals surface area contributed by atoms with Gasteiger partial charge >= 0.3 is 0 Å². The third-order valence-electron chi connectivity index (χ3n) is 3.46. The highest BCUT2D eigenvalue weighted by atomic mass is 16.2. The van der Waals surface area contributed by atoms with Crippen molar-refractivity contribution in [3.63, 3.8) is 0 Å². The van der Waals surface area contributed by atoms with Crippen LogP contribution in [0.1, 0.15) is 17.7 Å². The second-order valence-electron chi connectivity index (χ2n) is 5.49. The van der Waals surface area contributed by atoms with Crippen molar-refractivity contribution >= 4 is 17.5 Å². The zero-order valence-corrected chi connectivity index (χ0v) is 13.5. The summed E-state index contributed by atoms with van der Waals surface area (Å²) in [5, 5.41) is 2.78. The number of carbonyl (C=O) groups excluding carboxylic acids is 2. The van der Waals surface area contributed by atoms with E-state index in [2.05, 4.69) is 10.3 Å². The van der Waals surface area contributed by atoms with Crippen LogP contribution in [0.25, 0.3) is 0 Å². The first-order valence-electron chi connectivity index (χ1n) is 7.55. The Morgan fingerprint density at radius 3 is 2.52 bits per heavy atom. The highest BCUT2D eigenvalue weighted by Gasteiger charge is 2.13. The third kappa shape index (κ3) is 5.54. The minimum Gasteiger partial charge on any atom is -0.336 e. The summed E-state index contributed by atoms with van der Waals surface area (Å²) >= 11 is 0. The topological polar surface area (TPSA) is 62.3 Å². The van der Waals surface area contributed by atoms with Crippen LogP contribution in [-0.4, -0.2) is 35.3 Å². The molecule has 0 saturated heterocycles. The number of benzene rings is 1. The quantitative estimate of drug-likeness (QED) is 0.891. The Labute approximate surface area is 136 Å². The summed E-state index contributed by atoms with van der Waals surface area (Å²) in [6, 6.07) is 13.2. The van der Waals surface area contributed by atoms with E-state index in [1.54, 1.807) is 13.2 Å². The number of hydrogen-bond donors (Lipinski definition) is 1. The van der Waals surface area contributed by atoms with Crippen LogP contribution in [0.5, 0.6) is 0 Å². The van der Waals surface area contributed by atoms with Gasteiger partial charge in [0, 0.05) is 31.0 Å². The van der Waals surface area contributed by atoms with Crippen molar-refractivity contribution in [2.24, 2.45) is 0 Å². The first-order valence-corrected chi connectivity index (χ1v) is 7.55. The molecule has 0 aliphatic carbocycles. The van der Waals surface area contributed by atoms with E-state index in [0.29, 0.717) is 12.8 Å². The van der Waals surface area contributed by atoms with Gasteiger partial charge in [-0.05, 0) is 37.6 Å². The maximum absolute atomic E-state index is 12.1. The third-order valence-corrected chi connectivity index (χ3v) is 3.46. The zero-order chi connectivity index (χ0) is 16.7. The van der Waals surface area contributed by atoms with Gasteiger partial charge in [0.2, 0.25) is 11.8 Å². The number of aryl methyl sites for hydroxylation is 2. The molecule has 2 aromatic rings. The number of aromatic nitrogens is 1. The van der Waals surface area contributed by atoms with E-state index in [1.165, 1.54) is 4.90 Å². The molecule has 5 heteroatoms. The van der Waals surface area contributed by atoms with E-state index in [1.807, 2.05) is 49.4 Å². The second kappa shape index (κ2) is 8.08. The molecule has 0 spiro atoms. The molecule has 0 saturated carbocycles. The molecule has 1 N–H and O–H groups in total. The molecule has 0 atom stereocenters. The van der Waals surface area contributed by atoms with Crippen LogP contribution in [0.3, 0.4) is 0 Å². The van der Waals surface area contributed by atoms with Crippen LogP contribution < -0.4 is 5.32 Å². The largest absolute Gasteiger partial charge is 0.336 e. The van der Waals surface area contributed by atoms with Crippen LogP contribution in [-0.2, 0) is 16.0 Å². The number of pyridine rings is 1. The average Bonchev–Trinajstić information content (AvgIpc) is 2.55. The summed E-state index contributed by atoms with van der Waals surface area (Å²) in [7, 11) is 1.63. The lowest BCUT2D eigenvalue weighted by Gasteiger charge is -2.16. The van der Waals surface area contributed by atoms with Crippen molar-refractivity contribution in [3.8, 4) is 0 Å². The first-order chi connectivity index (χ1) is 11.0. The maximum Gasteiger partial charge on any atom is 0.243 e. The summed E-state index contributed by atoms with van der Waals surface area (Å²) in [6.07, 6.45) is 2.62. The number of hydrogen-bond acceptors (Lipinski definition) is 3. The van der Waals surface area contributed by atoms with Gasteiger partial charge in [0.15, 0.2) is 0 Å². The lowest BCUT2D eigenvalue weighted by molar-refractivity contribution is -0.133. The van der Waals surface area contributed by atoms with Gasteiger partial charge in [-0.25, -0.2) is 0 Å². The van der Waals surface area contributed by atoms with Crippen molar-refractivity contribution in [1.82, 2.24) is 9.88 Å². The number of amides is 2. The Morgan fingerprint density at radius 2 is 1.87 bits per heavy atom. The molecule has 0 fully saturated rings. The molecule has 1 heterocycles. The summed E-state index contributed by atoms with van der Waals surface area (Å²) in [4.78, 5) is 29.7. The summed E-state index contributed by atoms with van der Waals surface area (Å²) in [5.41, 5.74) is 2.73. The second-order valence-corrected chi connectivity index (χ2v) is 5.49. The summed E-state index contributed by atoms with van der Waals surface area (Å²) in [5.74, 6) is -0.280. The molecule has 2 rings (SSSR count). The van der Waals surface area contributed by atoms with Crippen molar-refractivity contribution in [2.45, 2.75) is 19.8 Å². The molecule has 0 bridgehead atoms. The van der Waals surface area contributed by atoms with Crippen molar-refractivity contribution in [2.75, 3.05) is 18.9 Å². The van der Waals surface area contributed by atoms with Gasteiger partial charge in [0.05, 0.1) is 6.54 Å². The first kappa shape index (κ1) is 16.7. The molecular weight excluding hydrogens is 290 g/mol. The smallest absolute Gasteiger partial charge is 0.243 e. The number of nitrogens with zero attached hydrogens (tertiary/aromatic N) is 2. The van der Waals surface area contributed by atoms with Gasteiger partial charge in [-0.2, -0.15) is 0 Å². The normalized spacial score (nSPS) is 10.2. The molecular formula is C18H21N3O2. The Hall–Kier alpha value is -2.69. The molecule has 2 amide bonds. The Bertz CT molecular complexity index is 654.